The van der Waals surface area contributed by atoms with Gasteiger partial charge in [0, 0.05) is 6.07 Å². The number of furan rings is 1. The fourth-order valence-corrected chi connectivity index (χ4v) is 3.56. The molecule has 140 valence electrons. The molecule has 1 N–H and O–H groups in total. The maximum atomic E-state index is 12.3. The molecule has 9 nitrogen and oxygen atoms in total. The Hall–Kier alpha value is -3.53. The molecule has 2 aromatic rings. The van der Waals surface area contributed by atoms with Crippen molar-refractivity contribution in [3.63, 3.8) is 0 Å². The Kier molecular flexibility index (Phi) is 4.40. The number of nitrogens with zero attached hydrogens (tertiary/aromatic N) is 4. The van der Waals surface area contributed by atoms with Crippen molar-refractivity contribution in [3.8, 4) is 11.3 Å². The van der Waals surface area contributed by atoms with Crippen LogP contribution >= 0.6 is 11.8 Å². The average Bonchev–Trinajstić information content (AvgIpc) is 3.32. The maximum absolute atomic E-state index is 12.3. The normalized spacial score (nSPS) is 17.6. The number of carbonyl (C=O) groups is 1. The van der Waals surface area contributed by atoms with Crippen LogP contribution in [0.4, 0.5) is 5.69 Å². The molecule has 0 radical (unpaired) electrons. The van der Waals surface area contributed by atoms with Gasteiger partial charge in [0.25, 0.3) is 11.6 Å². The summed E-state index contributed by atoms with van der Waals surface area (Å²) in [4.78, 5) is 27.1. The topological polar surface area (TPSA) is 125 Å². The lowest BCUT2D eigenvalue weighted by molar-refractivity contribution is -0.384. The van der Waals surface area contributed by atoms with Crippen molar-refractivity contribution in [1.29, 1.82) is 5.41 Å². The van der Waals surface area contributed by atoms with Crippen molar-refractivity contribution in [2.24, 2.45) is 10.1 Å². The molecule has 0 fully saturated rings. The summed E-state index contributed by atoms with van der Waals surface area (Å²) >= 11 is 1.27. The number of nitrogens with one attached hydrogen (secondary N) is 1. The predicted octanol–water partition coefficient (Wildman–Crippen LogP) is 3.88. The third kappa shape index (κ3) is 3.03. The summed E-state index contributed by atoms with van der Waals surface area (Å²) in [6.45, 7) is 1.93. The molecule has 0 saturated heterocycles. The molecule has 3 heterocycles. The van der Waals surface area contributed by atoms with E-state index >= 15 is 0 Å². The highest BCUT2D eigenvalue weighted by Crippen LogP contribution is 2.33. The standard InChI is InChI=1S/C18H13N5O4S/c1-2-15-21-22-16(19)12(17(24)20-18(22)28-15)9-10-7-8-14(27-10)11-5-3-4-6-13(11)23(25)26/h3-9,19H,2H2,1H3. The van der Waals surface area contributed by atoms with E-state index in [0.29, 0.717) is 22.9 Å². The molecule has 10 heteroatoms. The van der Waals surface area contributed by atoms with Gasteiger partial charge in [0.15, 0.2) is 5.84 Å². The molecule has 4 rings (SSSR count). The minimum absolute atomic E-state index is 0.0360. The van der Waals surface area contributed by atoms with Gasteiger partial charge in [-0.25, -0.2) is 0 Å². The van der Waals surface area contributed by atoms with Crippen LogP contribution in [0.1, 0.15) is 19.1 Å². The summed E-state index contributed by atoms with van der Waals surface area (Å²) in [6.07, 6.45) is 2.07. The number of carbonyl (C=O) groups excluding carboxylic acids is 1. The van der Waals surface area contributed by atoms with Crippen LogP contribution in [0.15, 0.2) is 56.5 Å². The van der Waals surface area contributed by atoms with Gasteiger partial charge in [-0.3, -0.25) is 20.3 Å². The molecule has 28 heavy (non-hydrogen) atoms. The number of nitro groups is 1. The molecule has 0 bridgehead atoms. The first kappa shape index (κ1) is 17.9. The summed E-state index contributed by atoms with van der Waals surface area (Å²) < 4.78 is 5.68. The van der Waals surface area contributed by atoms with E-state index in [9.17, 15) is 14.9 Å². The zero-order valence-corrected chi connectivity index (χ0v) is 15.4. The smallest absolute Gasteiger partial charge is 0.283 e. The van der Waals surface area contributed by atoms with E-state index < -0.39 is 10.8 Å². The summed E-state index contributed by atoms with van der Waals surface area (Å²) in [5.74, 6) is -0.0675. The summed E-state index contributed by atoms with van der Waals surface area (Å²) in [6, 6.07) is 9.39. The molecular formula is C18H13N5O4S. The number of aliphatic imine (C=N–C) groups is 1. The first-order valence-corrected chi connectivity index (χ1v) is 9.12. The third-order valence-electron chi connectivity index (χ3n) is 4.08. The summed E-state index contributed by atoms with van der Waals surface area (Å²) in [5, 5.41) is 26.2. The minimum Gasteiger partial charge on any atom is -0.456 e. The molecule has 0 atom stereocenters. The lowest BCUT2D eigenvalue weighted by Gasteiger charge is -2.19. The number of hydrogen-bond donors (Lipinski definition) is 1. The summed E-state index contributed by atoms with van der Waals surface area (Å²) in [7, 11) is 0. The van der Waals surface area contributed by atoms with Gasteiger partial charge in [-0.05, 0) is 42.5 Å². The van der Waals surface area contributed by atoms with E-state index in [4.69, 9.17) is 9.83 Å². The summed E-state index contributed by atoms with van der Waals surface area (Å²) in [5.41, 5.74) is 0.284. The Morgan fingerprint density at radius 1 is 1.32 bits per heavy atom. The highest BCUT2D eigenvalue weighted by molar-refractivity contribution is 8.26. The fraction of sp³-hybridized carbons (Fsp3) is 0.111. The minimum atomic E-state index is -0.556. The van der Waals surface area contributed by atoms with Crippen LogP contribution in [-0.2, 0) is 4.79 Å². The number of benzene rings is 1. The second-order valence-corrected chi connectivity index (χ2v) is 6.88. The number of hydrazone groups is 1. The Morgan fingerprint density at radius 2 is 2.11 bits per heavy atom. The molecule has 1 aromatic heterocycles. The van der Waals surface area contributed by atoms with Crippen LogP contribution in [0.3, 0.4) is 0 Å². The molecule has 0 saturated carbocycles. The number of fused-ring (bicyclic) bond motifs is 1. The second-order valence-electron chi connectivity index (χ2n) is 5.84. The van der Waals surface area contributed by atoms with Crippen LogP contribution in [0.2, 0.25) is 0 Å². The monoisotopic (exact) mass is 395 g/mol. The van der Waals surface area contributed by atoms with Crippen LogP contribution in [0.5, 0.6) is 0 Å². The van der Waals surface area contributed by atoms with Gasteiger partial charge < -0.3 is 4.42 Å². The zero-order chi connectivity index (χ0) is 19.8. The number of amides is 1. The lowest BCUT2D eigenvalue weighted by Crippen LogP contribution is -2.35. The van der Waals surface area contributed by atoms with Crippen molar-refractivity contribution >= 4 is 45.5 Å². The SMILES string of the molecule is CCC1=NN2C(=N)C(=Cc3ccc(-c4ccccc4[N+](=O)[O-])o3)C(=O)N=C2S1. The third-order valence-corrected chi connectivity index (χ3v) is 5.13. The molecule has 2 aliphatic heterocycles. The highest BCUT2D eigenvalue weighted by Gasteiger charge is 2.35. The van der Waals surface area contributed by atoms with Crippen LogP contribution in [0.25, 0.3) is 17.4 Å². The Bertz CT molecular complexity index is 1110. The lowest BCUT2D eigenvalue weighted by atomic mass is 10.1. The zero-order valence-electron chi connectivity index (χ0n) is 14.6. The van der Waals surface area contributed by atoms with Gasteiger partial charge in [0.05, 0.1) is 16.1 Å². The van der Waals surface area contributed by atoms with Crippen molar-refractivity contribution in [2.75, 3.05) is 0 Å². The predicted molar refractivity (Wildman–Crippen MR) is 106 cm³/mol. The Labute approximate surface area is 163 Å². The highest BCUT2D eigenvalue weighted by atomic mass is 32.2. The van der Waals surface area contributed by atoms with E-state index in [2.05, 4.69) is 10.1 Å². The van der Waals surface area contributed by atoms with Crippen molar-refractivity contribution in [1.82, 2.24) is 5.01 Å². The van der Waals surface area contributed by atoms with E-state index in [1.807, 2.05) is 6.92 Å². The van der Waals surface area contributed by atoms with E-state index in [-0.39, 0.29) is 22.9 Å². The van der Waals surface area contributed by atoms with Crippen molar-refractivity contribution in [2.45, 2.75) is 13.3 Å². The van der Waals surface area contributed by atoms with Gasteiger partial charge in [-0.1, -0.05) is 19.1 Å². The van der Waals surface area contributed by atoms with E-state index in [1.165, 1.54) is 28.9 Å². The number of rotatable bonds is 4. The molecule has 0 spiro atoms. The number of nitro benzene ring substituents is 1. The largest absolute Gasteiger partial charge is 0.456 e. The number of hydrogen-bond acceptors (Lipinski definition) is 7. The van der Waals surface area contributed by atoms with Crippen molar-refractivity contribution in [3.05, 3.63) is 57.8 Å². The average molecular weight is 395 g/mol. The fourth-order valence-electron chi connectivity index (χ4n) is 2.73. The number of para-hydroxylation sites is 1. The molecule has 2 aliphatic rings. The maximum Gasteiger partial charge on any atom is 0.283 e. The number of amidine groups is 2. The van der Waals surface area contributed by atoms with Gasteiger partial charge in [0.1, 0.15) is 16.6 Å². The second kappa shape index (κ2) is 6.89. The van der Waals surface area contributed by atoms with Crippen LogP contribution in [-0.4, -0.2) is 31.9 Å². The molecule has 0 unspecified atom stereocenters. The molecule has 1 aromatic carbocycles. The van der Waals surface area contributed by atoms with Gasteiger partial charge in [-0.15, -0.1) is 0 Å². The molecule has 0 aliphatic carbocycles. The van der Waals surface area contributed by atoms with E-state index in [1.54, 1.807) is 30.3 Å². The van der Waals surface area contributed by atoms with E-state index in [0.717, 1.165) is 5.04 Å². The van der Waals surface area contributed by atoms with Crippen molar-refractivity contribution < 1.29 is 14.1 Å². The van der Waals surface area contributed by atoms with Crippen LogP contribution < -0.4 is 0 Å². The van der Waals surface area contributed by atoms with Gasteiger partial charge in [0.2, 0.25) is 5.17 Å². The quantitative estimate of drug-likeness (QED) is 0.476. The van der Waals surface area contributed by atoms with Gasteiger partial charge in [-0.2, -0.15) is 15.1 Å². The molecule has 1 amide bonds. The first-order valence-electron chi connectivity index (χ1n) is 8.30. The molecular weight excluding hydrogens is 382 g/mol. The first-order chi connectivity index (χ1) is 13.5. The Morgan fingerprint density at radius 3 is 2.86 bits per heavy atom. The number of thioether (sulfide) groups is 1. The Balaban J connectivity index is 1.68. The van der Waals surface area contributed by atoms with Gasteiger partial charge >= 0.3 is 0 Å². The van der Waals surface area contributed by atoms with Crippen LogP contribution in [0, 0.1) is 15.5 Å².